The zero-order valence-electron chi connectivity index (χ0n) is 29.7. The van der Waals surface area contributed by atoms with Crippen LogP contribution in [0.3, 0.4) is 0 Å². The van der Waals surface area contributed by atoms with Crippen molar-refractivity contribution < 1.29 is 33.9 Å². The SMILES string of the molecule is CC[C@H](C)[C@@H](NC(=O)[C@H]1CCCN1C(=O)[C@@H](Cc1c[nH]c2ccccc12)NC(=O)C(C)(C)N)C(=O)N[C@@H](CCCN=C(N)N)C(=O)NCC(=O)O. The Bertz CT molecular complexity index is 1600. The van der Waals surface area contributed by atoms with Crippen LogP contribution in [0.2, 0.25) is 0 Å². The van der Waals surface area contributed by atoms with E-state index >= 15 is 0 Å². The van der Waals surface area contributed by atoms with Crippen molar-refractivity contribution in [3.63, 3.8) is 0 Å². The summed E-state index contributed by atoms with van der Waals surface area (Å²) in [5.41, 5.74) is 17.2. The molecule has 5 amide bonds. The number of carboxylic acid groups (broad SMARTS) is 1. The zero-order valence-corrected chi connectivity index (χ0v) is 29.7. The number of nitrogens with one attached hydrogen (secondary N) is 5. The molecule has 0 unspecified atom stereocenters. The van der Waals surface area contributed by atoms with Gasteiger partial charge in [0.25, 0.3) is 0 Å². The van der Waals surface area contributed by atoms with Crippen molar-refractivity contribution in [2.75, 3.05) is 19.6 Å². The average molecular weight is 713 g/mol. The van der Waals surface area contributed by atoms with Crippen molar-refractivity contribution in [3.8, 4) is 0 Å². The first-order valence-electron chi connectivity index (χ1n) is 17.1. The second-order valence-electron chi connectivity index (χ2n) is 13.5. The number of carboxylic acids is 1. The predicted octanol–water partition coefficient (Wildman–Crippen LogP) is -0.806. The predicted molar refractivity (Wildman–Crippen MR) is 191 cm³/mol. The highest BCUT2D eigenvalue weighted by molar-refractivity contribution is 5.97. The molecule has 1 aliphatic rings. The molecule has 0 spiro atoms. The highest BCUT2D eigenvalue weighted by Gasteiger charge is 2.41. The fraction of sp³-hybridized carbons (Fsp3) is 0.559. The van der Waals surface area contributed by atoms with E-state index in [0.717, 1.165) is 16.5 Å². The molecule has 1 aliphatic heterocycles. The van der Waals surface area contributed by atoms with E-state index in [1.165, 1.54) is 18.7 Å². The standard InChI is InChI=1S/C34H52N10O7/c1-5-19(2)27(30(49)41-23(12-8-14-38-33(35)36)28(47)40-18-26(45)46)43-29(48)25-13-9-15-44(25)31(50)24(42-32(51)34(3,4)37)16-20-17-39-22-11-7-6-10-21(20)22/h6-7,10-11,17,19,23-25,27,39H,5,8-9,12-16,18,37H2,1-4H3,(H,40,47)(H,41,49)(H,42,51)(H,43,48)(H,45,46)(H4,35,36,38)/t19-,23-,24+,25+,27+/m0/s1. The van der Waals surface area contributed by atoms with Crippen molar-refractivity contribution in [1.29, 1.82) is 0 Å². The monoisotopic (exact) mass is 712 g/mol. The lowest BCUT2D eigenvalue weighted by Crippen LogP contribution is -2.60. The van der Waals surface area contributed by atoms with E-state index in [2.05, 4.69) is 31.2 Å². The number of nitrogens with zero attached hydrogens (tertiary/aromatic N) is 2. The number of aromatic nitrogens is 1. The third-order valence-corrected chi connectivity index (χ3v) is 8.91. The molecule has 1 saturated heterocycles. The summed E-state index contributed by atoms with van der Waals surface area (Å²) in [5.74, 6) is -4.71. The Kier molecular flexibility index (Phi) is 14.3. The van der Waals surface area contributed by atoms with Gasteiger partial charge in [-0.05, 0) is 57.1 Å². The normalized spacial score (nSPS) is 16.7. The smallest absolute Gasteiger partial charge is 0.322 e. The van der Waals surface area contributed by atoms with Crippen LogP contribution in [0.4, 0.5) is 0 Å². The number of para-hydroxylation sites is 1. The van der Waals surface area contributed by atoms with Crippen molar-refractivity contribution in [1.82, 2.24) is 31.2 Å². The lowest BCUT2D eigenvalue weighted by atomic mass is 9.96. The van der Waals surface area contributed by atoms with E-state index in [1.807, 2.05) is 31.2 Å². The van der Waals surface area contributed by atoms with Gasteiger partial charge < -0.3 is 53.5 Å². The Morgan fingerprint density at radius 2 is 1.76 bits per heavy atom. The molecule has 5 atom stereocenters. The minimum absolute atomic E-state index is 0.0865. The topological polar surface area (TPSA) is 280 Å². The van der Waals surface area contributed by atoms with Gasteiger partial charge in [0.1, 0.15) is 30.7 Å². The lowest BCUT2D eigenvalue weighted by Gasteiger charge is -2.32. The van der Waals surface area contributed by atoms with Crippen LogP contribution in [0, 0.1) is 5.92 Å². The van der Waals surface area contributed by atoms with Crippen LogP contribution < -0.4 is 38.5 Å². The Morgan fingerprint density at radius 3 is 2.41 bits per heavy atom. The largest absolute Gasteiger partial charge is 0.480 e. The number of rotatable bonds is 18. The molecule has 12 N–H and O–H groups in total. The summed E-state index contributed by atoms with van der Waals surface area (Å²) in [4.78, 5) is 87.2. The fourth-order valence-electron chi connectivity index (χ4n) is 5.84. The molecule has 1 aromatic heterocycles. The maximum atomic E-state index is 14.2. The lowest BCUT2D eigenvalue weighted by molar-refractivity contribution is -0.143. The van der Waals surface area contributed by atoms with E-state index in [4.69, 9.17) is 22.3 Å². The van der Waals surface area contributed by atoms with Gasteiger partial charge in [0, 0.05) is 36.6 Å². The number of nitrogens with two attached hydrogens (primary N) is 3. The van der Waals surface area contributed by atoms with Gasteiger partial charge in [-0.25, -0.2) is 0 Å². The van der Waals surface area contributed by atoms with Crippen LogP contribution in [0.1, 0.15) is 65.4 Å². The molecule has 1 aromatic carbocycles. The molecule has 3 rings (SSSR count). The van der Waals surface area contributed by atoms with Crippen LogP contribution in [-0.2, 0) is 35.2 Å². The van der Waals surface area contributed by atoms with Gasteiger partial charge in [-0.3, -0.25) is 33.8 Å². The number of fused-ring (bicyclic) bond motifs is 1. The second-order valence-corrected chi connectivity index (χ2v) is 13.5. The van der Waals surface area contributed by atoms with Crippen molar-refractivity contribution >= 4 is 52.4 Å². The first-order chi connectivity index (χ1) is 24.0. The van der Waals surface area contributed by atoms with Crippen LogP contribution in [0.5, 0.6) is 0 Å². The summed E-state index contributed by atoms with van der Waals surface area (Å²) in [6.45, 7) is 6.44. The number of H-pyrrole nitrogens is 1. The summed E-state index contributed by atoms with van der Waals surface area (Å²) < 4.78 is 0. The van der Waals surface area contributed by atoms with Gasteiger partial charge in [-0.15, -0.1) is 0 Å². The van der Waals surface area contributed by atoms with Crippen LogP contribution in [0.25, 0.3) is 10.9 Å². The van der Waals surface area contributed by atoms with Crippen LogP contribution >= 0.6 is 0 Å². The van der Waals surface area contributed by atoms with Gasteiger partial charge in [0.05, 0.1) is 5.54 Å². The quantitative estimate of drug-likeness (QED) is 0.0527. The van der Waals surface area contributed by atoms with Gasteiger partial charge in [0.2, 0.25) is 29.5 Å². The summed E-state index contributed by atoms with van der Waals surface area (Å²) >= 11 is 0. The molecule has 0 aliphatic carbocycles. The first-order valence-corrected chi connectivity index (χ1v) is 17.1. The molecular weight excluding hydrogens is 660 g/mol. The maximum absolute atomic E-state index is 14.2. The highest BCUT2D eigenvalue weighted by atomic mass is 16.4. The number of guanidine groups is 1. The number of likely N-dealkylation sites (tertiary alicyclic amines) is 1. The molecule has 1 fully saturated rings. The minimum atomic E-state index is -1.27. The number of aromatic amines is 1. The fourth-order valence-corrected chi connectivity index (χ4v) is 5.84. The molecule has 0 saturated carbocycles. The van der Waals surface area contributed by atoms with Gasteiger partial charge >= 0.3 is 5.97 Å². The maximum Gasteiger partial charge on any atom is 0.322 e. The number of benzene rings is 1. The summed E-state index contributed by atoms with van der Waals surface area (Å²) in [6.07, 6.45) is 3.63. The van der Waals surface area contributed by atoms with E-state index in [0.29, 0.717) is 25.7 Å². The molecule has 17 heteroatoms. The Hall–Kier alpha value is -5.19. The summed E-state index contributed by atoms with van der Waals surface area (Å²) in [5, 5.41) is 20.4. The van der Waals surface area contributed by atoms with E-state index < -0.39 is 71.8 Å². The second kappa shape index (κ2) is 18.2. The van der Waals surface area contributed by atoms with Crippen LogP contribution in [-0.4, -0.2) is 106 Å². The van der Waals surface area contributed by atoms with Crippen molar-refractivity contribution in [2.45, 2.75) is 95.9 Å². The molecule has 51 heavy (non-hydrogen) atoms. The molecule has 0 radical (unpaired) electrons. The van der Waals surface area contributed by atoms with E-state index in [1.54, 1.807) is 13.1 Å². The van der Waals surface area contributed by atoms with E-state index in [-0.39, 0.29) is 37.8 Å². The molecule has 2 aromatic rings. The van der Waals surface area contributed by atoms with Gasteiger partial charge in [-0.1, -0.05) is 38.5 Å². The average Bonchev–Trinajstić information content (AvgIpc) is 3.73. The molecular formula is C34H52N10O7. The highest BCUT2D eigenvalue weighted by Crippen LogP contribution is 2.24. The molecule has 280 valence electrons. The minimum Gasteiger partial charge on any atom is -0.480 e. The Labute approximate surface area is 296 Å². The Morgan fingerprint density at radius 1 is 1.06 bits per heavy atom. The Balaban J connectivity index is 1.81. The number of aliphatic carboxylic acids is 1. The molecule has 17 nitrogen and oxygen atoms in total. The number of hydrogen-bond acceptors (Lipinski definition) is 8. The first kappa shape index (κ1) is 40.2. The van der Waals surface area contributed by atoms with Crippen LogP contribution in [0.15, 0.2) is 35.5 Å². The number of carbonyl (C=O) groups is 6. The summed E-state index contributed by atoms with van der Waals surface area (Å²) in [7, 11) is 0. The molecule has 2 heterocycles. The summed E-state index contributed by atoms with van der Waals surface area (Å²) in [6, 6.07) is 3.37. The van der Waals surface area contributed by atoms with Gasteiger partial charge in [-0.2, -0.15) is 0 Å². The van der Waals surface area contributed by atoms with Gasteiger partial charge in [0.15, 0.2) is 5.96 Å². The van der Waals surface area contributed by atoms with Crippen molar-refractivity contribution in [3.05, 3.63) is 36.0 Å². The third-order valence-electron chi connectivity index (χ3n) is 8.91. The number of aliphatic imine (C=N–C) groups is 1. The number of amides is 5. The zero-order chi connectivity index (χ0) is 37.9. The molecule has 0 bridgehead atoms. The van der Waals surface area contributed by atoms with Crippen molar-refractivity contribution in [2.24, 2.45) is 28.1 Å². The third kappa shape index (κ3) is 11.4. The number of hydrogen-bond donors (Lipinski definition) is 9. The number of carbonyl (C=O) groups excluding carboxylic acids is 5. The van der Waals surface area contributed by atoms with E-state index in [9.17, 15) is 28.8 Å².